The van der Waals surface area contributed by atoms with Gasteiger partial charge in [0.15, 0.2) is 5.82 Å². The summed E-state index contributed by atoms with van der Waals surface area (Å²) in [5, 5.41) is 10.9. The third kappa shape index (κ3) is 3.69. The van der Waals surface area contributed by atoms with Crippen LogP contribution in [-0.4, -0.2) is 20.0 Å². The highest BCUT2D eigenvalue weighted by Crippen LogP contribution is 2.26. The minimum atomic E-state index is 0.559. The molecule has 0 aliphatic heterocycles. The van der Waals surface area contributed by atoms with E-state index in [1.54, 1.807) is 16.9 Å². The molecular weight excluding hydrogens is 312 g/mol. The van der Waals surface area contributed by atoms with Crippen LogP contribution in [0.2, 0.25) is 0 Å². The van der Waals surface area contributed by atoms with Crippen LogP contribution in [0, 0.1) is 6.92 Å². The summed E-state index contributed by atoms with van der Waals surface area (Å²) in [5.41, 5.74) is 15.5. The Hall–Kier alpha value is -3.54. The van der Waals surface area contributed by atoms with Crippen molar-refractivity contribution in [3.8, 4) is 16.8 Å². The quantitative estimate of drug-likeness (QED) is 0.524. The average molecular weight is 332 g/mol. The number of nitrogens with one attached hydrogen (secondary N) is 1. The lowest BCUT2D eigenvalue weighted by Gasteiger charge is -2.01. The zero-order valence-electron chi connectivity index (χ0n) is 13.9. The lowest BCUT2D eigenvalue weighted by molar-refractivity contribution is 0.891. The van der Waals surface area contributed by atoms with Crippen LogP contribution in [0.25, 0.3) is 16.8 Å². The van der Waals surface area contributed by atoms with Crippen molar-refractivity contribution in [1.82, 2.24) is 20.0 Å². The monoisotopic (exact) mass is 332 g/mol. The summed E-state index contributed by atoms with van der Waals surface area (Å²) in [4.78, 5) is 0. The van der Waals surface area contributed by atoms with Crippen LogP contribution in [0.5, 0.6) is 0 Å². The number of anilines is 2. The van der Waals surface area contributed by atoms with Gasteiger partial charge >= 0.3 is 0 Å². The summed E-state index contributed by atoms with van der Waals surface area (Å²) in [6.45, 7) is 1.96. The third-order valence-electron chi connectivity index (χ3n) is 3.71. The maximum absolute atomic E-state index is 5.73. The molecule has 0 saturated carbocycles. The fourth-order valence-electron chi connectivity index (χ4n) is 2.52. The van der Waals surface area contributed by atoms with Crippen LogP contribution >= 0.6 is 0 Å². The van der Waals surface area contributed by atoms with Crippen LogP contribution in [0.1, 0.15) is 5.69 Å². The van der Waals surface area contributed by atoms with Gasteiger partial charge in [0.05, 0.1) is 11.9 Å². The molecule has 0 unspecified atom stereocenters. The van der Waals surface area contributed by atoms with Gasteiger partial charge in [0.1, 0.15) is 5.82 Å². The van der Waals surface area contributed by atoms with E-state index in [0.717, 1.165) is 22.5 Å². The molecule has 6 nitrogen and oxygen atoms in total. The van der Waals surface area contributed by atoms with E-state index >= 15 is 0 Å². The van der Waals surface area contributed by atoms with Crippen molar-refractivity contribution in [3.63, 3.8) is 0 Å². The lowest BCUT2D eigenvalue weighted by atomic mass is 10.1. The van der Waals surface area contributed by atoms with Crippen LogP contribution in [0.3, 0.4) is 0 Å². The number of benzene rings is 2. The maximum Gasteiger partial charge on any atom is 0.153 e. The number of nitrogens with zero attached hydrogens (tertiary/aromatic N) is 3. The van der Waals surface area contributed by atoms with E-state index in [-0.39, 0.29) is 0 Å². The number of hydrogen-bond acceptors (Lipinski definition) is 4. The predicted octanol–water partition coefficient (Wildman–Crippen LogP) is 3.42. The summed E-state index contributed by atoms with van der Waals surface area (Å²) in [7, 11) is 0. The Morgan fingerprint density at radius 2 is 1.52 bits per heavy atom. The van der Waals surface area contributed by atoms with E-state index in [0.29, 0.717) is 11.6 Å². The second-order valence-electron chi connectivity index (χ2n) is 5.48. The number of para-hydroxylation sites is 1. The van der Waals surface area contributed by atoms with Crippen molar-refractivity contribution in [1.29, 1.82) is 0 Å². The predicted molar refractivity (Wildman–Crippen MR) is 101 cm³/mol. The van der Waals surface area contributed by atoms with E-state index in [2.05, 4.69) is 15.3 Å². The van der Waals surface area contributed by atoms with Gasteiger partial charge in [0, 0.05) is 17.3 Å². The van der Waals surface area contributed by atoms with Crippen molar-refractivity contribution in [3.05, 3.63) is 78.6 Å². The zero-order chi connectivity index (χ0) is 17.6. The molecule has 2 aromatic heterocycles. The van der Waals surface area contributed by atoms with E-state index in [1.165, 1.54) is 0 Å². The maximum atomic E-state index is 5.73. The Kier molecular flexibility index (Phi) is 4.80. The molecule has 126 valence electrons. The van der Waals surface area contributed by atoms with Crippen LogP contribution < -0.4 is 11.5 Å². The number of aromatic nitrogens is 4. The first-order chi connectivity index (χ1) is 12.2. The second kappa shape index (κ2) is 7.35. The van der Waals surface area contributed by atoms with Crippen LogP contribution in [-0.2, 0) is 0 Å². The van der Waals surface area contributed by atoms with Gasteiger partial charge in [-0.1, -0.05) is 48.5 Å². The minimum absolute atomic E-state index is 0.559. The van der Waals surface area contributed by atoms with Gasteiger partial charge in [-0.15, -0.1) is 0 Å². The van der Waals surface area contributed by atoms with Crippen molar-refractivity contribution in [2.45, 2.75) is 6.92 Å². The van der Waals surface area contributed by atoms with Gasteiger partial charge in [-0.05, 0) is 24.6 Å². The molecule has 0 aliphatic carbocycles. The Balaban J connectivity index is 0.000000146. The van der Waals surface area contributed by atoms with Crippen molar-refractivity contribution in [2.75, 3.05) is 11.5 Å². The zero-order valence-corrected chi connectivity index (χ0v) is 13.9. The number of aryl methyl sites for hydroxylation is 1. The standard InChI is InChI=1S/C10H11N3.C9H9N3/c1-7-9(10(11)13-12-7)8-5-3-2-4-6-8;10-9-6-7-11-12(9)8-4-2-1-3-5-8/h2-6H,1H3,(H3,11,12,13);1-7H,10H2. The molecule has 2 aromatic carbocycles. The summed E-state index contributed by atoms with van der Waals surface area (Å²) in [6, 6.07) is 21.6. The van der Waals surface area contributed by atoms with Crippen LogP contribution in [0.15, 0.2) is 72.9 Å². The molecule has 2 heterocycles. The van der Waals surface area contributed by atoms with Crippen LogP contribution in [0.4, 0.5) is 11.6 Å². The molecular formula is C19H20N6. The normalized spacial score (nSPS) is 10.1. The number of H-pyrrole nitrogens is 1. The highest BCUT2D eigenvalue weighted by atomic mass is 15.3. The highest BCUT2D eigenvalue weighted by molar-refractivity contribution is 5.75. The molecule has 0 spiro atoms. The number of nitrogen functional groups attached to an aromatic ring is 2. The highest BCUT2D eigenvalue weighted by Gasteiger charge is 2.08. The molecule has 4 rings (SSSR count). The first-order valence-corrected chi connectivity index (χ1v) is 7.87. The Labute approximate surface area is 146 Å². The van der Waals surface area contributed by atoms with E-state index in [4.69, 9.17) is 11.5 Å². The van der Waals surface area contributed by atoms with Gasteiger partial charge in [-0.2, -0.15) is 10.2 Å². The summed E-state index contributed by atoms with van der Waals surface area (Å²) >= 11 is 0. The third-order valence-corrected chi connectivity index (χ3v) is 3.71. The largest absolute Gasteiger partial charge is 0.384 e. The smallest absolute Gasteiger partial charge is 0.153 e. The topological polar surface area (TPSA) is 98.5 Å². The number of rotatable bonds is 2. The fraction of sp³-hybridized carbons (Fsp3) is 0.0526. The molecule has 6 heteroatoms. The number of hydrogen-bond donors (Lipinski definition) is 3. The first kappa shape index (κ1) is 16.3. The van der Waals surface area contributed by atoms with Gasteiger partial charge < -0.3 is 11.5 Å². The Morgan fingerprint density at radius 3 is 2.04 bits per heavy atom. The molecule has 0 aliphatic rings. The Bertz CT molecular complexity index is 905. The second-order valence-corrected chi connectivity index (χ2v) is 5.48. The summed E-state index contributed by atoms with van der Waals surface area (Å²) in [6.07, 6.45) is 1.68. The lowest BCUT2D eigenvalue weighted by Crippen LogP contribution is -2.00. The summed E-state index contributed by atoms with van der Waals surface area (Å²) < 4.78 is 1.69. The minimum Gasteiger partial charge on any atom is -0.384 e. The molecule has 0 radical (unpaired) electrons. The molecule has 25 heavy (non-hydrogen) atoms. The molecule has 4 aromatic rings. The number of nitrogens with two attached hydrogens (primary N) is 2. The van der Waals surface area contributed by atoms with Gasteiger partial charge in [-0.3, -0.25) is 5.10 Å². The molecule has 0 bridgehead atoms. The Morgan fingerprint density at radius 1 is 0.880 bits per heavy atom. The van der Waals surface area contributed by atoms with E-state index in [9.17, 15) is 0 Å². The average Bonchev–Trinajstić information content (AvgIpc) is 3.22. The molecule has 0 amide bonds. The van der Waals surface area contributed by atoms with Crippen molar-refractivity contribution >= 4 is 11.6 Å². The van der Waals surface area contributed by atoms with E-state index < -0.39 is 0 Å². The molecule has 0 atom stereocenters. The molecule has 5 N–H and O–H groups in total. The van der Waals surface area contributed by atoms with Crippen molar-refractivity contribution in [2.24, 2.45) is 0 Å². The SMILES string of the molecule is Cc1[nH]nc(N)c1-c1ccccc1.Nc1ccnn1-c1ccccc1. The summed E-state index contributed by atoms with van der Waals surface area (Å²) in [5.74, 6) is 1.21. The van der Waals surface area contributed by atoms with Gasteiger partial charge in [-0.25, -0.2) is 4.68 Å². The fourth-order valence-corrected chi connectivity index (χ4v) is 2.52. The molecule has 0 saturated heterocycles. The van der Waals surface area contributed by atoms with Gasteiger partial charge in [0.2, 0.25) is 0 Å². The van der Waals surface area contributed by atoms with Gasteiger partial charge in [0.25, 0.3) is 0 Å². The van der Waals surface area contributed by atoms with E-state index in [1.807, 2.05) is 67.6 Å². The number of aromatic amines is 1. The first-order valence-electron chi connectivity index (χ1n) is 7.87. The van der Waals surface area contributed by atoms with Crippen molar-refractivity contribution < 1.29 is 0 Å². The molecule has 0 fully saturated rings.